The highest BCUT2D eigenvalue weighted by Gasteiger charge is 2.19. The number of sulfone groups is 1. The fourth-order valence-corrected chi connectivity index (χ4v) is 4.17. The van der Waals surface area contributed by atoms with E-state index in [0.29, 0.717) is 0 Å². The standard InChI is InChI=1S/C21H18N4O3S/c1-14-2-5-18(13-23-14)29(27,28)17-6-3-15(4-7-17)11-24-21(26)20-10-16-12-22-9-8-19(16)25-20/h2-10,12-13,20H,11H2,1H3,(H,24,26). The van der Waals surface area contributed by atoms with E-state index in [2.05, 4.69) is 20.3 Å². The van der Waals surface area contributed by atoms with Crippen LogP contribution in [0.5, 0.6) is 0 Å². The Bertz CT molecular complexity index is 1250. The Morgan fingerprint density at radius 2 is 1.79 bits per heavy atom. The van der Waals surface area contributed by atoms with Crippen LogP contribution in [0.3, 0.4) is 0 Å². The third kappa shape index (κ3) is 3.93. The lowest BCUT2D eigenvalue weighted by atomic mass is 10.2. The average Bonchev–Trinajstić information content (AvgIpc) is 3.17. The van der Waals surface area contributed by atoms with Crippen LogP contribution in [0.1, 0.15) is 11.3 Å². The Morgan fingerprint density at radius 1 is 1.03 bits per heavy atom. The van der Waals surface area contributed by atoms with Crippen LogP contribution in [0.25, 0.3) is 6.08 Å². The highest BCUT2D eigenvalue weighted by molar-refractivity contribution is 7.91. The zero-order chi connectivity index (χ0) is 20.4. The molecule has 3 aromatic rings. The summed E-state index contributed by atoms with van der Waals surface area (Å²) in [5, 5.41) is 4.42. The summed E-state index contributed by atoms with van der Waals surface area (Å²) in [4.78, 5) is 25.1. The van der Waals surface area contributed by atoms with Gasteiger partial charge in [0, 0.05) is 36.0 Å². The molecule has 1 aromatic carbocycles. The molecule has 4 rings (SSSR count). The van der Waals surface area contributed by atoms with Crippen molar-refractivity contribution in [3.63, 3.8) is 0 Å². The molecule has 0 radical (unpaired) electrons. The van der Waals surface area contributed by atoms with Crippen molar-refractivity contribution in [2.24, 2.45) is 4.99 Å². The number of rotatable bonds is 5. The van der Waals surface area contributed by atoms with Crippen LogP contribution < -0.4 is 15.9 Å². The summed E-state index contributed by atoms with van der Waals surface area (Å²) in [6.45, 7) is 2.07. The Morgan fingerprint density at radius 3 is 2.48 bits per heavy atom. The SMILES string of the molecule is Cc1ccc(S(=O)(=O)c2ccc(CNC(=O)C3C=c4cnccc4=N3)cc2)cn1. The average molecular weight is 406 g/mol. The fraction of sp³-hybridized carbons (Fsp3) is 0.143. The highest BCUT2D eigenvalue weighted by Crippen LogP contribution is 2.20. The fourth-order valence-electron chi connectivity index (χ4n) is 2.97. The number of amides is 1. The maximum absolute atomic E-state index is 12.7. The molecule has 1 atom stereocenters. The summed E-state index contributed by atoms with van der Waals surface area (Å²) >= 11 is 0. The summed E-state index contributed by atoms with van der Waals surface area (Å²) < 4.78 is 25.3. The lowest BCUT2D eigenvalue weighted by Gasteiger charge is -2.09. The van der Waals surface area contributed by atoms with Crippen LogP contribution in [0.2, 0.25) is 0 Å². The van der Waals surface area contributed by atoms with Gasteiger partial charge in [-0.1, -0.05) is 12.1 Å². The summed E-state index contributed by atoms with van der Waals surface area (Å²) in [5.74, 6) is -0.219. The summed E-state index contributed by atoms with van der Waals surface area (Å²) in [6.07, 6.45) is 6.43. The number of aromatic nitrogens is 2. The molecule has 3 heterocycles. The normalized spacial score (nSPS) is 15.1. The predicted molar refractivity (Wildman–Crippen MR) is 106 cm³/mol. The zero-order valence-electron chi connectivity index (χ0n) is 15.6. The molecule has 0 saturated carbocycles. The van der Waals surface area contributed by atoms with Crippen molar-refractivity contribution < 1.29 is 13.2 Å². The topological polar surface area (TPSA) is 101 Å². The molecule has 1 aliphatic heterocycles. The molecule has 1 aliphatic rings. The van der Waals surface area contributed by atoms with E-state index in [0.717, 1.165) is 21.8 Å². The number of pyridine rings is 2. The van der Waals surface area contributed by atoms with Gasteiger partial charge in [0.15, 0.2) is 0 Å². The van der Waals surface area contributed by atoms with Crippen molar-refractivity contribution in [1.29, 1.82) is 0 Å². The highest BCUT2D eigenvalue weighted by atomic mass is 32.2. The first-order chi connectivity index (χ1) is 13.9. The number of aryl methyl sites for hydroxylation is 1. The Kier molecular flexibility index (Phi) is 4.94. The number of nitrogens with zero attached hydrogens (tertiary/aromatic N) is 3. The maximum atomic E-state index is 12.7. The van der Waals surface area contributed by atoms with Crippen molar-refractivity contribution in [3.05, 3.63) is 82.9 Å². The number of nitrogens with one attached hydrogen (secondary N) is 1. The minimum Gasteiger partial charge on any atom is -0.350 e. The van der Waals surface area contributed by atoms with E-state index in [1.165, 1.54) is 18.3 Å². The first kappa shape index (κ1) is 18.9. The van der Waals surface area contributed by atoms with E-state index in [-0.39, 0.29) is 22.2 Å². The molecule has 0 bridgehead atoms. The predicted octanol–water partition coefficient (Wildman–Crippen LogP) is 0.717. The minimum atomic E-state index is -3.62. The van der Waals surface area contributed by atoms with Crippen molar-refractivity contribution in [2.75, 3.05) is 0 Å². The van der Waals surface area contributed by atoms with Gasteiger partial charge in [0.05, 0.1) is 15.1 Å². The van der Waals surface area contributed by atoms with Gasteiger partial charge in [-0.3, -0.25) is 19.8 Å². The first-order valence-electron chi connectivity index (χ1n) is 8.97. The van der Waals surface area contributed by atoms with Gasteiger partial charge in [0.25, 0.3) is 0 Å². The van der Waals surface area contributed by atoms with E-state index >= 15 is 0 Å². The monoisotopic (exact) mass is 406 g/mol. The van der Waals surface area contributed by atoms with E-state index in [1.54, 1.807) is 55.7 Å². The van der Waals surface area contributed by atoms with Crippen LogP contribution in [0, 0.1) is 6.92 Å². The summed E-state index contributed by atoms with van der Waals surface area (Å²) in [7, 11) is -3.62. The van der Waals surface area contributed by atoms with Gasteiger partial charge < -0.3 is 5.32 Å². The molecule has 7 nitrogen and oxygen atoms in total. The lowest BCUT2D eigenvalue weighted by Crippen LogP contribution is -2.31. The Hall–Kier alpha value is -3.39. The quantitative estimate of drug-likeness (QED) is 0.673. The molecular formula is C21H18N4O3S. The zero-order valence-corrected chi connectivity index (χ0v) is 16.4. The van der Waals surface area contributed by atoms with Crippen LogP contribution in [-0.2, 0) is 21.2 Å². The van der Waals surface area contributed by atoms with Crippen molar-refractivity contribution in [2.45, 2.75) is 29.3 Å². The van der Waals surface area contributed by atoms with E-state index in [4.69, 9.17) is 0 Å². The smallest absolute Gasteiger partial charge is 0.249 e. The van der Waals surface area contributed by atoms with E-state index < -0.39 is 15.9 Å². The number of hydrogen-bond donors (Lipinski definition) is 1. The molecular weight excluding hydrogens is 388 g/mol. The largest absolute Gasteiger partial charge is 0.350 e. The molecule has 1 unspecified atom stereocenters. The minimum absolute atomic E-state index is 0.150. The van der Waals surface area contributed by atoms with Gasteiger partial charge in [0.1, 0.15) is 6.04 Å². The third-order valence-electron chi connectivity index (χ3n) is 4.61. The van der Waals surface area contributed by atoms with Gasteiger partial charge in [-0.05, 0) is 48.9 Å². The first-order valence-corrected chi connectivity index (χ1v) is 10.5. The van der Waals surface area contributed by atoms with Crippen LogP contribution in [-0.4, -0.2) is 30.3 Å². The second-order valence-electron chi connectivity index (χ2n) is 6.68. The second-order valence-corrected chi connectivity index (χ2v) is 8.63. The molecule has 146 valence electrons. The molecule has 0 fully saturated rings. The number of fused-ring (bicyclic) bond motifs is 1. The lowest BCUT2D eigenvalue weighted by molar-refractivity contribution is -0.121. The molecule has 0 spiro atoms. The summed E-state index contributed by atoms with van der Waals surface area (Å²) in [5.41, 5.74) is 1.54. The Labute approximate surface area is 167 Å². The van der Waals surface area contributed by atoms with E-state index in [1.807, 2.05) is 0 Å². The van der Waals surface area contributed by atoms with E-state index in [9.17, 15) is 13.2 Å². The molecule has 1 amide bonds. The molecule has 8 heteroatoms. The number of hydrogen-bond acceptors (Lipinski definition) is 6. The van der Waals surface area contributed by atoms with Crippen LogP contribution >= 0.6 is 0 Å². The second kappa shape index (κ2) is 7.56. The third-order valence-corrected chi connectivity index (χ3v) is 6.36. The molecule has 2 aromatic heterocycles. The van der Waals surface area contributed by atoms with Gasteiger partial charge in [-0.15, -0.1) is 0 Å². The Balaban J connectivity index is 1.43. The van der Waals surface area contributed by atoms with Crippen molar-refractivity contribution >= 4 is 21.8 Å². The molecule has 1 N–H and O–H groups in total. The molecule has 29 heavy (non-hydrogen) atoms. The van der Waals surface area contributed by atoms with Gasteiger partial charge >= 0.3 is 0 Å². The number of carbonyl (C=O) groups is 1. The van der Waals surface area contributed by atoms with Crippen molar-refractivity contribution in [3.8, 4) is 0 Å². The number of benzene rings is 1. The molecule has 0 saturated heterocycles. The number of carbonyl (C=O) groups excluding carboxylic acids is 1. The molecule has 0 aliphatic carbocycles. The van der Waals surface area contributed by atoms with Crippen molar-refractivity contribution in [1.82, 2.24) is 15.3 Å². The van der Waals surface area contributed by atoms with Crippen LogP contribution in [0.4, 0.5) is 0 Å². The van der Waals surface area contributed by atoms with Crippen LogP contribution in [0.15, 0.2) is 75.8 Å². The van der Waals surface area contributed by atoms with Gasteiger partial charge in [-0.2, -0.15) is 0 Å². The maximum Gasteiger partial charge on any atom is 0.249 e. The van der Waals surface area contributed by atoms with Gasteiger partial charge in [0.2, 0.25) is 15.7 Å². The summed E-state index contributed by atoms with van der Waals surface area (Å²) in [6, 6.07) is 10.8. The van der Waals surface area contributed by atoms with Gasteiger partial charge in [-0.25, -0.2) is 8.42 Å².